The predicted molar refractivity (Wildman–Crippen MR) is 76.0 cm³/mol. The topological polar surface area (TPSA) is 20.7 Å². The Kier molecular flexibility index (Phi) is 3.18. The molecule has 1 N–H and O–H groups in total. The third-order valence-corrected chi connectivity index (χ3v) is 3.79. The molecule has 3 rings (SSSR count). The van der Waals surface area contributed by atoms with Crippen molar-refractivity contribution >= 4 is 39.2 Å². The Labute approximate surface area is 125 Å². The minimum atomic E-state index is -0.667. The number of H-pyrrole nitrogens is 1. The summed E-state index contributed by atoms with van der Waals surface area (Å²) in [5, 5.41) is 0. The van der Waals surface area contributed by atoms with E-state index in [9.17, 15) is 13.2 Å². The third-order valence-electron chi connectivity index (χ3n) is 2.90. The molecular weight excluding hydrogens is 353 g/mol. The minimum Gasteiger partial charge on any atom is -0.328 e. The molecule has 1 aromatic heterocycles. The Bertz CT molecular complexity index is 885. The number of aromatic amines is 1. The van der Waals surface area contributed by atoms with Crippen LogP contribution in [0.1, 0.15) is 0 Å². The highest BCUT2D eigenvalue weighted by molar-refractivity contribution is 9.10. The summed E-state index contributed by atoms with van der Waals surface area (Å²) in [7, 11) is 0. The van der Waals surface area contributed by atoms with Crippen LogP contribution in [0.5, 0.6) is 0 Å². The Morgan fingerprint density at radius 3 is 2.55 bits per heavy atom. The van der Waals surface area contributed by atoms with Crippen LogP contribution in [0.4, 0.5) is 13.2 Å². The number of hydrogen-bond acceptors (Lipinski definition) is 1. The molecule has 0 fully saturated rings. The molecule has 0 aliphatic carbocycles. The average molecular weight is 359 g/mol. The maximum absolute atomic E-state index is 14.0. The molecule has 0 aliphatic rings. The van der Waals surface area contributed by atoms with Crippen LogP contribution in [-0.4, -0.2) is 9.55 Å². The van der Waals surface area contributed by atoms with Gasteiger partial charge >= 0.3 is 0 Å². The minimum absolute atomic E-state index is 0.0105. The van der Waals surface area contributed by atoms with E-state index in [1.807, 2.05) is 0 Å². The van der Waals surface area contributed by atoms with Crippen molar-refractivity contribution in [3.05, 3.63) is 57.0 Å². The smallest absolute Gasteiger partial charge is 0.182 e. The van der Waals surface area contributed by atoms with Crippen molar-refractivity contribution < 1.29 is 13.2 Å². The van der Waals surface area contributed by atoms with Gasteiger partial charge in [0.25, 0.3) is 0 Å². The van der Waals surface area contributed by atoms with E-state index in [1.54, 1.807) is 6.07 Å². The van der Waals surface area contributed by atoms with Gasteiger partial charge in [0, 0.05) is 6.07 Å². The fourth-order valence-electron chi connectivity index (χ4n) is 2.02. The number of benzene rings is 2. The number of nitrogens with zero attached hydrogens (tertiary/aromatic N) is 1. The lowest BCUT2D eigenvalue weighted by molar-refractivity contribution is 0.588. The van der Waals surface area contributed by atoms with E-state index >= 15 is 0 Å². The Balaban J connectivity index is 2.41. The predicted octanol–water partition coefficient (Wildman–Crippen LogP) is 4.87. The molecule has 0 spiro atoms. The molecule has 0 aliphatic heterocycles. The van der Waals surface area contributed by atoms with Gasteiger partial charge in [0.2, 0.25) is 0 Å². The summed E-state index contributed by atoms with van der Waals surface area (Å²) in [4.78, 5) is 2.66. The number of nitrogens with one attached hydrogen (secondary N) is 1. The molecule has 0 saturated heterocycles. The molecule has 3 aromatic rings. The van der Waals surface area contributed by atoms with Crippen LogP contribution in [0.3, 0.4) is 0 Å². The number of aromatic nitrogens is 2. The molecular formula is C13H6BrF3N2S. The van der Waals surface area contributed by atoms with Gasteiger partial charge in [0.05, 0.1) is 15.7 Å². The molecule has 0 unspecified atom stereocenters. The van der Waals surface area contributed by atoms with Crippen LogP contribution in [0.2, 0.25) is 0 Å². The number of hydrogen-bond donors (Lipinski definition) is 1. The highest BCUT2D eigenvalue weighted by atomic mass is 79.9. The van der Waals surface area contributed by atoms with Gasteiger partial charge in [-0.2, -0.15) is 0 Å². The highest BCUT2D eigenvalue weighted by Gasteiger charge is 2.15. The van der Waals surface area contributed by atoms with Crippen LogP contribution < -0.4 is 0 Å². The monoisotopic (exact) mass is 358 g/mol. The molecule has 0 radical (unpaired) electrons. The van der Waals surface area contributed by atoms with Crippen molar-refractivity contribution in [2.75, 3.05) is 0 Å². The van der Waals surface area contributed by atoms with Gasteiger partial charge in [-0.3, -0.25) is 4.57 Å². The van der Waals surface area contributed by atoms with Crippen molar-refractivity contribution in [2.45, 2.75) is 0 Å². The number of para-hydroxylation sites is 1. The van der Waals surface area contributed by atoms with Gasteiger partial charge in [-0.25, -0.2) is 13.2 Å². The van der Waals surface area contributed by atoms with E-state index < -0.39 is 17.5 Å². The van der Waals surface area contributed by atoms with Crippen molar-refractivity contribution in [1.82, 2.24) is 9.55 Å². The zero-order valence-corrected chi connectivity index (χ0v) is 12.2. The summed E-state index contributed by atoms with van der Waals surface area (Å²) in [6, 6.07) is 6.32. The normalized spacial score (nSPS) is 11.2. The zero-order chi connectivity index (χ0) is 14.4. The summed E-state index contributed by atoms with van der Waals surface area (Å²) >= 11 is 7.98. The first-order chi connectivity index (χ1) is 9.49. The lowest BCUT2D eigenvalue weighted by atomic mass is 10.2. The summed E-state index contributed by atoms with van der Waals surface area (Å²) < 4.78 is 42.7. The first-order valence-electron chi connectivity index (χ1n) is 5.53. The molecule has 0 atom stereocenters. The molecule has 0 amide bonds. The van der Waals surface area contributed by atoms with Gasteiger partial charge in [-0.1, -0.05) is 6.07 Å². The molecule has 7 heteroatoms. The summed E-state index contributed by atoms with van der Waals surface area (Å²) in [6.07, 6.45) is 0. The van der Waals surface area contributed by atoms with Gasteiger partial charge in [-0.15, -0.1) is 0 Å². The van der Waals surface area contributed by atoms with E-state index in [2.05, 4.69) is 20.9 Å². The maximum Gasteiger partial charge on any atom is 0.182 e. The Morgan fingerprint density at radius 1 is 1.05 bits per heavy atom. The number of rotatable bonds is 1. The average Bonchev–Trinajstić information content (AvgIpc) is 2.72. The SMILES string of the molecule is Fc1cc(-n2c(=S)[nH]c3c(F)cccc32)c(F)cc1Br. The van der Waals surface area contributed by atoms with E-state index in [0.717, 1.165) is 12.1 Å². The number of fused-ring (bicyclic) bond motifs is 1. The molecule has 2 nitrogen and oxygen atoms in total. The van der Waals surface area contributed by atoms with E-state index in [4.69, 9.17) is 12.2 Å². The number of imidazole rings is 1. The number of halogens is 4. The standard InChI is InChI=1S/C13H6BrF3N2S/c14-6-4-9(17)11(5-8(6)16)19-10-3-1-2-7(15)12(10)18-13(19)20/h1-5H,(H,18,20). The van der Waals surface area contributed by atoms with E-state index in [0.29, 0.717) is 5.52 Å². The van der Waals surface area contributed by atoms with Gasteiger partial charge in [0.1, 0.15) is 23.0 Å². The molecule has 1 heterocycles. The molecule has 102 valence electrons. The third kappa shape index (κ3) is 1.97. The van der Waals surface area contributed by atoms with Crippen molar-refractivity contribution in [3.8, 4) is 5.69 Å². The van der Waals surface area contributed by atoms with Gasteiger partial charge in [0.15, 0.2) is 4.77 Å². The van der Waals surface area contributed by atoms with Crippen LogP contribution in [0.15, 0.2) is 34.8 Å². The second-order valence-corrected chi connectivity index (χ2v) is 5.36. The second kappa shape index (κ2) is 4.75. The lowest BCUT2D eigenvalue weighted by Gasteiger charge is -2.07. The quantitative estimate of drug-likeness (QED) is 0.486. The van der Waals surface area contributed by atoms with E-state index in [-0.39, 0.29) is 20.4 Å². The van der Waals surface area contributed by atoms with Crippen LogP contribution >= 0.6 is 28.1 Å². The zero-order valence-electron chi connectivity index (χ0n) is 9.75. The lowest BCUT2D eigenvalue weighted by Crippen LogP contribution is -1.99. The molecule has 2 aromatic carbocycles. The Hall–Kier alpha value is -1.60. The highest BCUT2D eigenvalue weighted by Crippen LogP contribution is 2.27. The van der Waals surface area contributed by atoms with Crippen molar-refractivity contribution in [3.63, 3.8) is 0 Å². The largest absolute Gasteiger partial charge is 0.328 e. The summed E-state index contributed by atoms with van der Waals surface area (Å²) in [6.45, 7) is 0. The first-order valence-corrected chi connectivity index (χ1v) is 6.73. The molecule has 0 bridgehead atoms. The first kappa shape index (κ1) is 13.4. The molecule has 20 heavy (non-hydrogen) atoms. The van der Waals surface area contributed by atoms with Crippen LogP contribution in [-0.2, 0) is 0 Å². The van der Waals surface area contributed by atoms with Crippen molar-refractivity contribution in [2.24, 2.45) is 0 Å². The second-order valence-electron chi connectivity index (χ2n) is 4.12. The van der Waals surface area contributed by atoms with E-state index in [1.165, 1.54) is 16.7 Å². The van der Waals surface area contributed by atoms with Gasteiger partial charge in [-0.05, 0) is 46.3 Å². The summed E-state index contributed by atoms with van der Waals surface area (Å²) in [5.41, 5.74) is 0.420. The fraction of sp³-hybridized carbons (Fsp3) is 0. The van der Waals surface area contributed by atoms with Crippen LogP contribution in [0, 0.1) is 22.2 Å². The van der Waals surface area contributed by atoms with Crippen molar-refractivity contribution in [1.29, 1.82) is 0 Å². The summed E-state index contributed by atoms with van der Waals surface area (Å²) in [5.74, 6) is -1.81. The Morgan fingerprint density at radius 2 is 1.80 bits per heavy atom. The fourth-order valence-corrected chi connectivity index (χ4v) is 2.63. The van der Waals surface area contributed by atoms with Gasteiger partial charge < -0.3 is 4.98 Å². The molecule has 0 saturated carbocycles. The van der Waals surface area contributed by atoms with Crippen LogP contribution in [0.25, 0.3) is 16.7 Å². The maximum atomic E-state index is 14.0.